The molecule has 0 saturated carbocycles. The van der Waals surface area contributed by atoms with Crippen LogP contribution in [0.1, 0.15) is 39.4 Å². The van der Waals surface area contributed by atoms with E-state index in [2.05, 4.69) is 10.3 Å². The van der Waals surface area contributed by atoms with E-state index in [0.29, 0.717) is 18.9 Å². The molecule has 0 fully saturated rings. The van der Waals surface area contributed by atoms with Crippen molar-refractivity contribution in [1.29, 1.82) is 0 Å². The lowest BCUT2D eigenvalue weighted by molar-refractivity contribution is -0.125. The van der Waals surface area contributed by atoms with Gasteiger partial charge in [0.2, 0.25) is 11.8 Å². The third-order valence-corrected chi connectivity index (χ3v) is 5.49. The van der Waals surface area contributed by atoms with E-state index in [1.165, 1.54) is 0 Å². The first-order valence-electron chi connectivity index (χ1n) is 10.7. The number of aromatic nitrogens is 2. The number of hydrogen-bond acceptors (Lipinski definition) is 3. The second-order valence-corrected chi connectivity index (χ2v) is 7.31. The van der Waals surface area contributed by atoms with E-state index in [1.807, 2.05) is 79.9 Å². The van der Waals surface area contributed by atoms with Gasteiger partial charge in [0.1, 0.15) is 12.4 Å². The zero-order valence-electron chi connectivity index (χ0n) is 18.0. The smallest absolute Gasteiger partial charge is 0.246 e. The van der Waals surface area contributed by atoms with Crippen molar-refractivity contribution >= 4 is 28.5 Å². The SMILES string of the molecule is CCC(CC)C(=O)NCc1nc2ccccc2n1CC(=O)N(CC)c1ccccc1. The lowest BCUT2D eigenvalue weighted by atomic mass is 10.0. The van der Waals surface area contributed by atoms with Crippen molar-refractivity contribution in [3.8, 4) is 0 Å². The lowest BCUT2D eigenvalue weighted by Crippen LogP contribution is -2.35. The number of nitrogens with one attached hydrogen (secondary N) is 1. The van der Waals surface area contributed by atoms with E-state index in [4.69, 9.17) is 0 Å². The van der Waals surface area contributed by atoms with Gasteiger partial charge in [-0.25, -0.2) is 4.98 Å². The molecule has 0 aliphatic rings. The van der Waals surface area contributed by atoms with Crippen molar-refractivity contribution in [1.82, 2.24) is 14.9 Å². The molecule has 1 N–H and O–H groups in total. The Labute approximate surface area is 177 Å². The van der Waals surface area contributed by atoms with Crippen molar-refractivity contribution in [3.05, 3.63) is 60.4 Å². The highest BCUT2D eigenvalue weighted by atomic mass is 16.2. The van der Waals surface area contributed by atoms with Crippen molar-refractivity contribution in [2.75, 3.05) is 11.4 Å². The molecule has 6 heteroatoms. The summed E-state index contributed by atoms with van der Waals surface area (Å²) in [6, 6.07) is 17.4. The number of likely N-dealkylation sites (N-methyl/N-ethyl adjacent to an activating group) is 1. The van der Waals surface area contributed by atoms with Crippen LogP contribution in [0, 0.1) is 5.92 Å². The monoisotopic (exact) mass is 406 g/mol. The number of imidazole rings is 1. The Morgan fingerprint density at radius 3 is 2.33 bits per heavy atom. The van der Waals surface area contributed by atoms with Gasteiger partial charge in [-0.2, -0.15) is 0 Å². The number of amides is 2. The number of benzene rings is 2. The number of anilines is 1. The Balaban J connectivity index is 1.86. The first-order chi connectivity index (χ1) is 14.6. The fourth-order valence-corrected chi connectivity index (χ4v) is 3.74. The topological polar surface area (TPSA) is 67.2 Å². The maximum Gasteiger partial charge on any atom is 0.246 e. The minimum Gasteiger partial charge on any atom is -0.349 e. The number of carbonyl (C=O) groups is 2. The van der Waals surface area contributed by atoms with Gasteiger partial charge in [-0.05, 0) is 44.0 Å². The maximum absolute atomic E-state index is 13.2. The van der Waals surface area contributed by atoms with Gasteiger partial charge in [-0.15, -0.1) is 0 Å². The van der Waals surface area contributed by atoms with E-state index in [1.54, 1.807) is 4.90 Å². The average Bonchev–Trinajstić information content (AvgIpc) is 3.12. The van der Waals surface area contributed by atoms with Gasteiger partial charge in [0.15, 0.2) is 0 Å². The van der Waals surface area contributed by atoms with Crippen LogP contribution in [0.25, 0.3) is 11.0 Å². The van der Waals surface area contributed by atoms with E-state index in [0.717, 1.165) is 29.6 Å². The minimum atomic E-state index is -0.0144. The van der Waals surface area contributed by atoms with Crippen molar-refractivity contribution in [3.63, 3.8) is 0 Å². The Hall–Kier alpha value is -3.15. The molecule has 30 heavy (non-hydrogen) atoms. The van der Waals surface area contributed by atoms with Gasteiger partial charge in [0.05, 0.1) is 17.6 Å². The summed E-state index contributed by atoms with van der Waals surface area (Å²) in [5.41, 5.74) is 2.58. The molecule has 0 unspecified atom stereocenters. The molecule has 6 nitrogen and oxygen atoms in total. The molecule has 0 bridgehead atoms. The summed E-state index contributed by atoms with van der Waals surface area (Å²) < 4.78 is 1.91. The van der Waals surface area contributed by atoms with Crippen LogP contribution < -0.4 is 10.2 Å². The number of para-hydroxylation sites is 3. The predicted molar refractivity (Wildman–Crippen MR) is 120 cm³/mol. The standard InChI is InChI=1S/C24H30N4O2/c1-4-18(5-2)24(30)25-16-22-26-20-14-10-11-15-21(20)28(22)17-23(29)27(6-3)19-12-8-7-9-13-19/h7-15,18H,4-6,16-17H2,1-3H3,(H,25,30). The summed E-state index contributed by atoms with van der Waals surface area (Å²) in [6.45, 7) is 7.05. The van der Waals surface area contributed by atoms with Crippen LogP contribution >= 0.6 is 0 Å². The highest BCUT2D eigenvalue weighted by molar-refractivity contribution is 5.94. The minimum absolute atomic E-state index is 0.00174. The molecule has 0 aliphatic carbocycles. The molecular weight excluding hydrogens is 376 g/mol. The fourth-order valence-electron chi connectivity index (χ4n) is 3.74. The van der Waals surface area contributed by atoms with E-state index in [-0.39, 0.29) is 24.3 Å². The second kappa shape index (κ2) is 10.1. The van der Waals surface area contributed by atoms with Crippen molar-refractivity contribution in [2.24, 2.45) is 5.92 Å². The fraction of sp³-hybridized carbons (Fsp3) is 0.375. The summed E-state index contributed by atoms with van der Waals surface area (Å²) in [4.78, 5) is 32.1. The van der Waals surface area contributed by atoms with Gasteiger partial charge >= 0.3 is 0 Å². The molecule has 0 saturated heterocycles. The molecule has 0 radical (unpaired) electrons. The molecule has 0 atom stereocenters. The molecular formula is C24H30N4O2. The second-order valence-electron chi connectivity index (χ2n) is 7.31. The van der Waals surface area contributed by atoms with Gasteiger partial charge < -0.3 is 14.8 Å². The molecule has 1 heterocycles. The normalized spacial score (nSPS) is 11.1. The zero-order valence-corrected chi connectivity index (χ0v) is 18.0. The van der Waals surface area contributed by atoms with Crippen LogP contribution in [0.2, 0.25) is 0 Å². The average molecular weight is 407 g/mol. The van der Waals surface area contributed by atoms with Crippen LogP contribution in [0.15, 0.2) is 54.6 Å². The van der Waals surface area contributed by atoms with Gasteiger partial charge in [0.25, 0.3) is 0 Å². The molecule has 2 aromatic carbocycles. The van der Waals surface area contributed by atoms with Gasteiger partial charge in [-0.3, -0.25) is 9.59 Å². The van der Waals surface area contributed by atoms with Crippen molar-refractivity contribution in [2.45, 2.75) is 46.7 Å². The first-order valence-corrected chi connectivity index (χ1v) is 10.7. The van der Waals surface area contributed by atoms with Gasteiger partial charge in [0, 0.05) is 18.2 Å². The number of carbonyl (C=O) groups excluding carboxylic acids is 2. The van der Waals surface area contributed by atoms with E-state index in [9.17, 15) is 9.59 Å². The lowest BCUT2D eigenvalue weighted by Gasteiger charge is -2.22. The molecule has 158 valence electrons. The zero-order chi connectivity index (χ0) is 21.5. The Morgan fingerprint density at radius 1 is 1.00 bits per heavy atom. The largest absolute Gasteiger partial charge is 0.349 e. The third-order valence-electron chi connectivity index (χ3n) is 5.49. The van der Waals surface area contributed by atoms with Crippen LogP contribution in [0.4, 0.5) is 5.69 Å². The molecule has 3 rings (SSSR count). The summed E-state index contributed by atoms with van der Waals surface area (Å²) in [5, 5.41) is 3.00. The third kappa shape index (κ3) is 4.70. The summed E-state index contributed by atoms with van der Waals surface area (Å²) in [6.07, 6.45) is 1.61. The van der Waals surface area contributed by atoms with Crippen molar-refractivity contribution < 1.29 is 9.59 Å². The number of rotatable bonds is 9. The summed E-state index contributed by atoms with van der Waals surface area (Å²) in [7, 11) is 0. The molecule has 0 spiro atoms. The summed E-state index contributed by atoms with van der Waals surface area (Å²) >= 11 is 0. The van der Waals surface area contributed by atoms with Gasteiger partial charge in [-0.1, -0.05) is 44.2 Å². The Bertz CT molecular complexity index is 993. The Morgan fingerprint density at radius 2 is 1.67 bits per heavy atom. The first kappa shape index (κ1) is 21.6. The Kier molecular flexibility index (Phi) is 7.22. The molecule has 1 aromatic heterocycles. The van der Waals surface area contributed by atoms with Crippen LogP contribution in [0.5, 0.6) is 0 Å². The maximum atomic E-state index is 13.2. The molecule has 0 aliphatic heterocycles. The van der Waals surface area contributed by atoms with Crippen LogP contribution in [-0.4, -0.2) is 27.9 Å². The van der Waals surface area contributed by atoms with Crippen LogP contribution in [-0.2, 0) is 22.7 Å². The summed E-state index contributed by atoms with van der Waals surface area (Å²) in [5.74, 6) is 0.704. The number of hydrogen-bond donors (Lipinski definition) is 1. The van der Waals surface area contributed by atoms with E-state index >= 15 is 0 Å². The van der Waals surface area contributed by atoms with Crippen LogP contribution in [0.3, 0.4) is 0 Å². The number of nitrogens with zero attached hydrogens (tertiary/aromatic N) is 3. The number of fused-ring (bicyclic) bond motifs is 1. The van der Waals surface area contributed by atoms with E-state index < -0.39 is 0 Å². The highest BCUT2D eigenvalue weighted by Crippen LogP contribution is 2.19. The molecule has 2 amide bonds. The predicted octanol–water partition coefficient (Wildman–Crippen LogP) is 4.14. The quantitative estimate of drug-likeness (QED) is 0.581. The molecule has 3 aromatic rings. The highest BCUT2D eigenvalue weighted by Gasteiger charge is 2.20.